The average molecular weight is 311 g/mol. The summed E-state index contributed by atoms with van der Waals surface area (Å²) in [6, 6.07) is 8.38. The molecule has 5 heteroatoms. The van der Waals surface area contributed by atoms with Gasteiger partial charge in [-0.1, -0.05) is 6.07 Å². The third-order valence-corrected chi connectivity index (χ3v) is 4.18. The van der Waals surface area contributed by atoms with Gasteiger partial charge >= 0.3 is 0 Å². The van der Waals surface area contributed by atoms with Crippen LogP contribution >= 0.6 is 27.3 Å². The summed E-state index contributed by atoms with van der Waals surface area (Å²) in [5, 5.41) is 13.9. The van der Waals surface area contributed by atoms with Crippen molar-refractivity contribution in [2.75, 3.05) is 5.32 Å². The maximum atomic E-state index is 13.3. The largest absolute Gasteiger partial charge is 0.379 e. The molecule has 0 saturated carbocycles. The van der Waals surface area contributed by atoms with Crippen LogP contribution in [-0.2, 0) is 6.54 Å². The lowest BCUT2D eigenvalue weighted by molar-refractivity contribution is 0.624. The Bertz CT molecular complexity index is 574. The Morgan fingerprint density at radius 3 is 2.88 bits per heavy atom. The number of nitrogens with one attached hydrogen (secondary N) is 1. The highest BCUT2D eigenvalue weighted by Gasteiger charge is 2.08. The molecule has 2 rings (SSSR count). The smallest absolute Gasteiger partial charge is 0.143 e. The van der Waals surface area contributed by atoms with E-state index in [1.54, 1.807) is 23.5 Å². The number of anilines is 1. The lowest BCUT2D eigenvalue weighted by atomic mass is 10.2. The first-order chi connectivity index (χ1) is 8.22. The van der Waals surface area contributed by atoms with Gasteiger partial charge in [0.25, 0.3) is 0 Å². The number of rotatable bonds is 3. The summed E-state index contributed by atoms with van der Waals surface area (Å²) in [6.45, 7) is 0.566. The second-order valence-electron chi connectivity index (χ2n) is 3.32. The summed E-state index contributed by atoms with van der Waals surface area (Å²) in [4.78, 5) is 1.11. The Hall–Kier alpha value is -1.38. The maximum absolute atomic E-state index is 13.3. The molecule has 0 aliphatic carbocycles. The Kier molecular flexibility index (Phi) is 3.77. The van der Waals surface area contributed by atoms with Crippen molar-refractivity contribution in [3.63, 3.8) is 0 Å². The minimum atomic E-state index is -0.497. The second kappa shape index (κ2) is 5.30. The van der Waals surface area contributed by atoms with E-state index in [-0.39, 0.29) is 5.56 Å². The van der Waals surface area contributed by atoms with Crippen molar-refractivity contribution in [3.8, 4) is 6.07 Å². The topological polar surface area (TPSA) is 35.8 Å². The number of halogens is 2. The van der Waals surface area contributed by atoms with Crippen molar-refractivity contribution in [3.05, 3.63) is 50.4 Å². The van der Waals surface area contributed by atoms with Gasteiger partial charge < -0.3 is 5.32 Å². The molecule has 17 heavy (non-hydrogen) atoms. The fourth-order valence-electron chi connectivity index (χ4n) is 1.41. The standard InChI is InChI=1S/C12H8BrFN2S/c13-9-4-5-17-12(9)7-16-11-3-1-2-10(14)8(11)6-15/h1-5,16H,7H2. The highest BCUT2D eigenvalue weighted by molar-refractivity contribution is 9.10. The molecule has 0 radical (unpaired) electrons. The van der Waals surface area contributed by atoms with Crippen LogP contribution < -0.4 is 5.32 Å². The highest BCUT2D eigenvalue weighted by Crippen LogP contribution is 2.25. The van der Waals surface area contributed by atoms with Crippen molar-refractivity contribution in [1.29, 1.82) is 5.26 Å². The van der Waals surface area contributed by atoms with Crippen molar-refractivity contribution < 1.29 is 4.39 Å². The van der Waals surface area contributed by atoms with Gasteiger partial charge in [-0.15, -0.1) is 11.3 Å². The molecule has 1 aromatic carbocycles. The molecule has 0 amide bonds. The number of nitrogens with zero attached hydrogens (tertiary/aromatic N) is 1. The fraction of sp³-hybridized carbons (Fsp3) is 0.0833. The molecule has 0 bridgehead atoms. The quantitative estimate of drug-likeness (QED) is 0.925. The van der Waals surface area contributed by atoms with Gasteiger partial charge in [-0.2, -0.15) is 5.26 Å². The van der Waals surface area contributed by atoms with Crippen molar-refractivity contribution >= 4 is 33.0 Å². The molecule has 2 aromatic rings. The van der Waals surface area contributed by atoms with Crippen LogP contribution in [0.5, 0.6) is 0 Å². The highest BCUT2D eigenvalue weighted by atomic mass is 79.9. The van der Waals surface area contributed by atoms with E-state index in [9.17, 15) is 4.39 Å². The van der Waals surface area contributed by atoms with Crippen LogP contribution in [0.2, 0.25) is 0 Å². The Morgan fingerprint density at radius 2 is 2.24 bits per heavy atom. The summed E-state index contributed by atoms with van der Waals surface area (Å²) in [7, 11) is 0. The first-order valence-electron chi connectivity index (χ1n) is 4.86. The number of hydrogen-bond acceptors (Lipinski definition) is 3. The predicted molar refractivity (Wildman–Crippen MR) is 70.5 cm³/mol. The van der Waals surface area contributed by atoms with Gasteiger partial charge in [0.1, 0.15) is 17.4 Å². The summed E-state index contributed by atoms with van der Waals surface area (Å²) < 4.78 is 14.3. The summed E-state index contributed by atoms with van der Waals surface area (Å²) in [6.07, 6.45) is 0. The monoisotopic (exact) mass is 310 g/mol. The molecular formula is C12H8BrFN2S. The number of thiophene rings is 1. The fourth-order valence-corrected chi connectivity index (χ4v) is 2.84. The van der Waals surface area contributed by atoms with Crippen molar-refractivity contribution in [2.24, 2.45) is 0 Å². The van der Waals surface area contributed by atoms with E-state index in [1.807, 2.05) is 17.5 Å². The van der Waals surface area contributed by atoms with Gasteiger partial charge in [0.15, 0.2) is 0 Å². The zero-order valence-electron chi connectivity index (χ0n) is 8.71. The van der Waals surface area contributed by atoms with Crippen molar-refractivity contribution in [2.45, 2.75) is 6.54 Å². The minimum Gasteiger partial charge on any atom is -0.379 e. The van der Waals surface area contributed by atoms with Crippen LogP contribution in [-0.4, -0.2) is 0 Å². The minimum absolute atomic E-state index is 0.0557. The van der Waals surface area contributed by atoms with E-state index in [2.05, 4.69) is 21.2 Å². The van der Waals surface area contributed by atoms with E-state index >= 15 is 0 Å². The van der Waals surface area contributed by atoms with Gasteiger partial charge in [-0.25, -0.2) is 4.39 Å². The molecule has 0 aliphatic rings. The van der Waals surface area contributed by atoms with E-state index in [4.69, 9.17) is 5.26 Å². The molecule has 0 atom stereocenters. The van der Waals surface area contributed by atoms with Crippen LogP contribution in [0.1, 0.15) is 10.4 Å². The van der Waals surface area contributed by atoms with E-state index in [0.717, 1.165) is 9.35 Å². The molecule has 0 fully saturated rings. The molecule has 86 valence electrons. The van der Waals surface area contributed by atoms with Crippen LogP contribution in [0.4, 0.5) is 10.1 Å². The SMILES string of the molecule is N#Cc1c(F)cccc1NCc1sccc1Br. The van der Waals surface area contributed by atoms with Crippen molar-refractivity contribution in [1.82, 2.24) is 0 Å². The van der Waals surface area contributed by atoms with Gasteiger partial charge in [0.2, 0.25) is 0 Å². The Morgan fingerprint density at radius 1 is 1.41 bits per heavy atom. The normalized spacial score (nSPS) is 9.94. The summed E-state index contributed by atoms with van der Waals surface area (Å²) in [5.74, 6) is -0.497. The van der Waals surface area contributed by atoms with Gasteiger partial charge in [0, 0.05) is 9.35 Å². The van der Waals surface area contributed by atoms with Crippen LogP contribution in [0.3, 0.4) is 0 Å². The lowest BCUT2D eigenvalue weighted by Gasteiger charge is -2.07. The molecular weight excluding hydrogens is 303 g/mol. The molecule has 1 N–H and O–H groups in total. The summed E-state index contributed by atoms with van der Waals surface area (Å²) >= 11 is 5.02. The molecule has 0 aliphatic heterocycles. The zero-order valence-corrected chi connectivity index (χ0v) is 11.1. The van der Waals surface area contributed by atoms with Crippen LogP contribution in [0.25, 0.3) is 0 Å². The van der Waals surface area contributed by atoms with Gasteiger partial charge in [-0.05, 0) is 39.5 Å². The third-order valence-electron chi connectivity index (χ3n) is 2.26. The molecule has 1 heterocycles. The number of hydrogen-bond donors (Lipinski definition) is 1. The Labute approximate surface area is 111 Å². The Balaban J connectivity index is 2.18. The third kappa shape index (κ3) is 2.65. The molecule has 2 nitrogen and oxygen atoms in total. The molecule has 1 aromatic heterocycles. The number of nitriles is 1. The second-order valence-corrected chi connectivity index (χ2v) is 5.17. The first kappa shape index (κ1) is 12.1. The van der Waals surface area contributed by atoms with E-state index < -0.39 is 5.82 Å². The zero-order chi connectivity index (χ0) is 12.3. The lowest BCUT2D eigenvalue weighted by Crippen LogP contribution is -2.01. The van der Waals surface area contributed by atoms with Gasteiger partial charge in [0.05, 0.1) is 12.2 Å². The van der Waals surface area contributed by atoms with Crippen LogP contribution in [0, 0.1) is 17.1 Å². The summed E-state index contributed by atoms with van der Waals surface area (Å²) in [5.41, 5.74) is 0.577. The average Bonchev–Trinajstić information content (AvgIpc) is 2.72. The maximum Gasteiger partial charge on any atom is 0.143 e. The number of benzene rings is 1. The van der Waals surface area contributed by atoms with Crippen LogP contribution in [0.15, 0.2) is 34.1 Å². The predicted octanol–water partition coefficient (Wildman–Crippen LogP) is 4.13. The molecule has 0 saturated heterocycles. The van der Waals surface area contributed by atoms with E-state index in [0.29, 0.717) is 12.2 Å². The first-order valence-corrected chi connectivity index (χ1v) is 6.54. The van der Waals surface area contributed by atoms with E-state index in [1.165, 1.54) is 6.07 Å². The van der Waals surface area contributed by atoms with Gasteiger partial charge in [-0.3, -0.25) is 0 Å². The molecule has 0 spiro atoms. The molecule has 0 unspecified atom stereocenters.